The van der Waals surface area contributed by atoms with Crippen molar-refractivity contribution in [2.45, 2.75) is 40.0 Å². The van der Waals surface area contributed by atoms with E-state index in [1.54, 1.807) is 12.1 Å². The number of nitrogens with zero attached hydrogens (tertiary/aromatic N) is 1. The highest BCUT2D eigenvalue weighted by Crippen LogP contribution is 2.49. The summed E-state index contributed by atoms with van der Waals surface area (Å²) in [7, 11) is 0. The maximum atomic E-state index is 13.6. The molecule has 27 heavy (non-hydrogen) atoms. The van der Waals surface area contributed by atoms with Gasteiger partial charge in [-0.2, -0.15) is 0 Å². The van der Waals surface area contributed by atoms with Crippen LogP contribution in [-0.4, -0.2) is 48.8 Å². The zero-order valence-corrected chi connectivity index (χ0v) is 15.6. The second-order valence-corrected chi connectivity index (χ2v) is 6.99. The van der Waals surface area contributed by atoms with Crippen LogP contribution in [0.5, 0.6) is 0 Å². The van der Waals surface area contributed by atoms with Crippen LogP contribution in [0.15, 0.2) is 24.4 Å². The van der Waals surface area contributed by atoms with Gasteiger partial charge in [-0.05, 0) is 55.0 Å². The Labute approximate surface area is 161 Å². The van der Waals surface area contributed by atoms with Crippen LogP contribution < -0.4 is 5.32 Å². The summed E-state index contributed by atoms with van der Waals surface area (Å²) in [5.41, 5.74) is 2.22. The third kappa shape index (κ3) is 5.45. The predicted octanol–water partition coefficient (Wildman–Crippen LogP) is 4.50. The summed E-state index contributed by atoms with van der Waals surface area (Å²) < 4.78 is 18.6. The van der Waals surface area contributed by atoms with Gasteiger partial charge in [0.15, 0.2) is 0 Å². The Hall–Kier alpha value is -2.08. The maximum Gasteiger partial charge on any atom is 0.407 e. The molecule has 1 heterocycles. The van der Waals surface area contributed by atoms with Crippen molar-refractivity contribution < 1.29 is 13.9 Å². The van der Waals surface area contributed by atoms with Gasteiger partial charge in [0, 0.05) is 36.7 Å². The summed E-state index contributed by atoms with van der Waals surface area (Å²) in [4.78, 5) is 17.1. The number of carbonyl (C=O) groups excluding carboxylic acids is 1. The van der Waals surface area contributed by atoms with E-state index in [2.05, 4.69) is 22.1 Å². The molecular weight excluding hydrogens is 345 g/mol. The smallest absolute Gasteiger partial charge is 0.407 e. The molecule has 2 aromatic rings. The van der Waals surface area contributed by atoms with Gasteiger partial charge in [-0.3, -0.25) is 0 Å². The Balaban J connectivity index is 0.00000261. The second kappa shape index (κ2) is 9.74. The summed E-state index contributed by atoms with van der Waals surface area (Å²) in [5.74, 6) is 0.887. The van der Waals surface area contributed by atoms with E-state index in [4.69, 9.17) is 4.74 Å². The molecule has 1 aromatic carbocycles. The van der Waals surface area contributed by atoms with Crippen molar-refractivity contribution in [1.29, 1.82) is 0 Å². The van der Waals surface area contributed by atoms with Gasteiger partial charge in [0.25, 0.3) is 0 Å². The van der Waals surface area contributed by atoms with Crippen LogP contribution in [0.3, 0.4) is 0 Å². The van der Waals surface area contributed by atoms with Crippen LogP contribution >= 0.6 is 0 Å². The Morgan fingerprint density at radius 2 is 2.22 bits per heavy atom. The number of halogens is 1. The fourth-order valence-corrected chi connectivity index (χ4v) is 3.52. The van der Waals surface area contributed by atoms with Gasteiger partial charge in [-0.25, -0.2) is 9.18 Å². The Bertz CT molecular complexity index is 746. The van der Waals surface area contributed by atoms with Crippen LogP contribution in [0.1, 0.15) is 45.6 Å². The van der Waals surface area contributed by atoms with E-state index in [0.29, 0.717) is 25.0 Å². The van der Waals surface area contributed by atoms with Crippen molar-refractivity contribution in [2.24, 2.45) is 5.92 Å². The van der Waals surface area contributed by atoms with E-state index in [-0.39, 0.29) is 19.3 Å². The fraction of sp³-hybridized carbons (Fsp3) is 0.571. The number of ether oxygens (including phenoxy) is 1. The first kappa shape index (κ1) is 21.2. The number of fused-ring (bicyclic) bond motifs is 1. The molecule has 1 aliphatic carbocycles. The minimum Gasteiger partial charge on any atom is -0.450 e. The third-order valence-corrected chi connectivity index (χ3v) is 5.07. The lowest BCUT2D eigenvalue weighted by molar-refractivity contribution is 0.144. The molecule has 1 fully saturated rings. The largest absolute Gasteiger partial charge is 0.450 e. The molecule has 1 aliphatic rings. The van der Waals surface area contributed by atoms with E-state index in [1.165, 1.54) is 11.6 Å². The molecule has 2 atom stereocenters. The van der Waals surface area contributed by atoms with E-state index in [1.807, 2.05) is 13.1 Å². The molecule has 0 bridgehead atoms. The normalized spacial score (nSPS) is 18.4. The van der Waals surface area contributed by atoms with Crippen LogP contribution in [0.25, 0.3) is 10.9 Å². The van der Waals surface area contributed by atoms with E-state index < -0.39 is 0 Å². The van der Waals surface area contributed by atoms with E-state index >= 15 is 0 Å². The van der Waals surface area contributed by atoms with Gasteiger partial charge in [0.2, 0.25) is 0 Å². The number of amides is 1. The Kier molecular flexibility index (Phi) is 7.66. The molecule has 1 saturated carbocycles. The molecule has 3 rings (SSSR count). The standard InChI is InChI=1S/C20H28FN3O2.CH4/c1-3-9-26-20(25)22-7-8-24(4-2)13-14-10-16(14)18-12-23-19-6-5-15(21)11-17(18)19;/h5-6,11-12,14,16,23H,3-4,7-10,13H2,1-2H3,(H,22,25);1H4. The number of benzene rings is 1. The quantitative estimate of drug-likeness (QED) is 0.676. The van der Waals surface area contributed by atoms with Crippen LogP contribution in [0.4, 0.5) is 9.18 Å². The van der Waals surface area contributed by atoms with E-state index in [0.717, 1.165) is 43.4 Å². The monoisotopic (exact) mass is 377 g/mol. The number of likely N-dealkylation sites (N-methyl/N-ethyl adjacent to an activating group) is 1. The number of hydrogen-bond donors (Lipinski definition) is 2. The summed E-state index contributed by atoms with van der Waals surface area (Å²) in [6.45, 7) is 7.90. The van der Waals surface area contributed by atoms with Crippen molar-refractivity contribution in [3.63, 3.8) is 0 Å². The van der Waals surface area contributed by atoms with Crippen LogP contribution in [-0.2, 0) is 4.74 Å². The number of aromatic amines is 1. The first-order chi connectivity index (χ1) is 12.6. The molecule has 2 unspecified atom stereocenters. The molecule has 5 nitrogen and oxygen atoms in total. The van der Waals surface area contributed by atoms with Gasteiger partial charge in [0.05, 0.1) is 6.61 Å². The molecule has 1 aromatic heterocycles. The maximum absolute atomic E-state index is 13.6. The average molecular weight is 378 g/mol. The number of alkyl carbamates (subject to hydrolysis) is 1. The van der Waals surface area contributed by atoms with Crippen LogP contribution in [0.2, 0.25) is 0 Å². The number of hydrogen-bond acceptors (Lipinski definition) is 3. The highest BCUT2D eigenvalue weighted by atomic mass is 19.1. The van der Waals surface area contributed by atoms with Crippen molar-refractivity contribution in [1.82, 2.24) is 15.2 Å². The predicted molar refractivity (Wildman–Crippen MR) is 108 cm³/mol. The lowest BCUT2D eigenvalue weighted by atomic mass is 10.1. The van der Waals surface area contributed by atoms with Crippen LogP contribution in [0, 0.1) is 11.7 Å². The molecular formula is C21H32FN3O2. The highest BCUT2D eigenvalue weighted by Gasteiger charge is 2.40. The topological polar surface area (TPSA) is 57.4 Å². The first-order valence-corrected chi connectivity index (χ1v) is 9.51. The minimum atomic E-state index is -0.340. The molecule has 0 radical (unpaired) electrons. The van der Waals surface area contributed by atoms with Gasteiger partial charge >= 0.3 is 6.09 Å². The van der Waals surface area contributed by atoms with Crippen molar-refractivity contribution >= 4 is 17.0 Å². The summed E-state index contributed by atoms with van der Waals surface area (Å²) in [5, 5.41) is 3.80. The fourth-order valence-electron chi connectivity index (χ4n) is 3.52. The van der Waals surface area contributed by atoms with E-state index in [9.17, 15) is 9.18 Å². The third-order valence-electron chi connectivity index (χ3n) is 5.07. The molecule has 150 valence electrons. The minimum absolute atomic E-state index is 0. The average Bonchev–Trinajstić information content (AvgIpc) is 3.27. The molecule has 6 heteroatoms. The Morgan fingerprint density at radius 3 is 2.96 bits per heavy atom. The Morgan fingerprint density at radius 1 is 1.41 bits per heavy atom. The number of carbonyl (C=O) groups is 1. The first-order valence-electron chi connectivity index (χ1n) is 9.51. The molecule has 0 spiro atoms. The summed E-state index contributed by atoms with van der Waals surface area (Å²) >= 11 is 0. The lowest BCUT2D eigenvalue weighted by Gasteiger charge is -2.20. The van der Waals surface area contributed by atoms with Crippen molar-refractivity contribution in [2.75, 3.05) is 32.8 Å². The van der Waals surface area contributed by atoms with Crippen molar-refractivity contribution in [3.8, 4) is 0 Å². The molecule has 1 amide bonds. The summed E-state index contributed by atoms with van der Waals surface area (Å²) in [6, 6.07) is 4.91. The summed E-state index contributed by atoms with van der Waals surface area (Å²) in [6.07, 6.45) is 3.64. The zero-order chi connectivity index (χ0) is 18.5. The number of nitrogens with one attached hydrogen (secondary N) is 2. The second-order valence-electron chi connectivity index (χ2n) is 6.99. The van der Waals surface area contributed by atoms with Gasteiger partial charge in [-0.1, -0.05) is 21.3 Å². The number of rotatable bonds is 9. The van der Waals surface area contributed by atoms with Gasteiger partial charge < -0.3 is 19.9 Å². The molecule has 0 saturated heterocycles. The van der Waals surface area contributed by atoms with Gasteiger partial charge in [0.1, 0.15) is 5.82 Å². The van der Waals surface area contributed by atoms with Gasteiger partial charge in [-0.15, -0.1) is 0 Å². The lowest BCUT2D eigenvalue weighted by Crippen LogP contribution is -2.36. The SMILES string of the molecule is C.CCCOC(=O)NCCN(CC)CC1CC1c1c[nH]c2ccc(F)cc12. The molecule has 0 aliphatic heterocycles. The number of H-pyrrole nitrogens is 1. The molecule has 2 N–H and O–H groups in total. The van der Waals surface area contributed by atoms with Crippen molar-refractivity contribution in [3.05, 3.63) is 35.8 Å². The zero-order valence-electron chi connectivity index (χ0n) is 15.6. The highest BCUT2D eigenvalue weighted by molar-refractivity contribution is 5.84. The number of aromatic nitrogens is 1.